The summed E-state index contributed by atoms with van der Waals surface area (Å²) in [6.07, 6.45) is 1.93. The smallest absolute Gasteiger partial charge is 0.0953 e. The van der Waals surface area contributed by atoms with Crippen LogP contribution in [0, 0.1) is 0 Å². The first-order valence-corrected chi connectivity index (χ1v) is 5.57. The second kappa shape index (κ2) is 4.38. The molecule has 0 aromatic carbocycles. The molecular weight excluding hydrogens is 196 g/mol. The van der Waals surface area contributed by atoms with Crippen LogP contribution < -0.4 is 5.90 Å². The van der Waals surface area contributed by atoms with Crippen molar-refractivity contribution in [2.75, 3.05) is 6.61 Å². The predicted molar refractivity (Wildman–Crippen MR) is 59.4 cm³/mol. The molecule has 1 aromatic rings. The molecule has 0 fully saturated rings. The molecule has 4 heteroatoms. The van der Waals surface area contributed by atoms with Gasteiger partial charge >= 0.3 is 0 Å². The Labute approximate surface area is 89.3 Å². The zero-order valence-corrected chi connectivity index (χ0v) is 10.0. The minimum absolute atomic E-state index is 0.0421. The molecule has 2 N–H and O–H groups in total. The van der Waals surface area contributed by atoms with Gasteiger partial charge in [0.1, 0.15) is 0 Å². The lowest BCUT2D eigenvalue weighted by Gasteiger charge is -2.20. The molecule has 1 aromatic heterocycles. The van der Waals surface area contributed by atoms with E-state index in [1.54, 1.807) is 11.3 Å². The van der Waals surface area contributed by atoms with Crippen LogP contribution in [0.2, 0.25) is 0 Å². The van der Waals surface area contributed by atoms with Gasteiger partial charge in [-0.05, 0) is 0 Å². The Morgan fingerprint density at radius 2 is 2.21 bits per heavy atom. The fourth-order valence-electron chi connectivity index (χ4n) is 1.15. The van der Waals surface area contributed by atoms with Gasteiger partial charge in [-0.3, -0.25) is 0 Å². The van der Waals surface area contributed by atoms with E-state index in [2.05, 4.69) is 32.7 Å². The van der Waals surface area contributed by atoms with Crippen LogP contribution in [0.4, 0.5) is 0 Å². The van der Waals surface area contributed by atoms with Gasteiger partial charge in [-0.15, -0.1) is 11.3 Å². The number of hydrogen-bond donors (Lipinski definition) is 1. The first-order chi connectivity index (χ1) is 6.47. The fraction of sp³-hybridized carbons (Fsp3) is 0.700. The van der Waals surface area contributed by atoms with Gasteiger partial charge in [-0.2, -0.15) is 0 Å². The van der Waals surface area contributed by atoms with Gasteiger partial charge in [0.2, 0.25) is 0 Å². The Morgan fingerprint density at radius 1 is 1.57 bits per heavy atom. The minimum Gasteiger partial charge on any atom is -0.304 e. The molecule has 0 aliphatic rings. The van der Waals surface area contributed by atoms with Crippen LogP contribution >= 0.6 is 11.3 Å². The summed E-state index contributed by atoms with van der Waals surface area (Å²) in [5.41, 5.74) is -0.0421. The van der Waals surface area contributed by atoms with E-state index in [1.165, 1.54) is 9.88 Å². The SMILES string of the molecule is CC(C)c1ncc(C(C)(C)CON)s1. The maximum absolute atomic E-state index is 5.10. The Bertz CT molecular complexity index is 294. The van der Waals surface area contributed by atoms with Crippen LogP contribution in [0.15, 0.2) is 6.20 Å². The third-order valence-corrected chi connectivity index (χ3v) is 3.79. The molecule has 3 nitrogen and oxygen atoms in total. The van der Waals surface area contributed by atoms with Gasteiger partial charge in [0, 0.05) is 22.4 Å². The lowest BCUT2D eigenvalue weighted by molar-refractivity contribution is 0.0976. The largest absolute Gasteiger partial charge is 0.304 e. The van der Waals surface area contributed by atoms with Crippen LogP contribution in [0.1, 0.15) is 43.5 Å². The molecule has 1 rings (SSSR count). The van der Waals surface area contributed by atoms with E-state index < -0.39 is 0 Å². The summed E-state index contributed by atoms with van der Waals surface area (Å²) in [7, 11) is 0. The van der Waals surface area contributed by atoms with Crippen molar-refractivity contribution in [1.29, 1.82) is 0 Å². The Hall–Kier alpha value is -0.450. The lowest BCUT2D eigenvalue weighted by atomic mass is 9.94. The van der Waals surface area contributed by atoms with Crippen LogP contribution in [0.3, 0.4) is 0 Å². The predicted octanol–water partition coefficient (Wildman–Crippen LogP) is 2.43. The molecule has 0 amide bonds. The molecule has 0 aliphatic carbocycles. The second-order valence-corrected chi connectivity index (χ2v) is 5.47. The zero-order valence-electron chi connectivity index (χ0n) is 9.20. The average Bonchev–Trinajstić information content (AvgIpc) is 2.51. The molecule has 80 valence electrons. The van der Waals surface area contributed by atoms with Crippen molar-refractivity contribution in [1.82, 2.24) is 4.98 Å². The second-order valence-electron chi connectivity index (χ2n) is 4.41. The maximum Gasteiger partial charge on any atom is 0.0953 e. The molecule has 1 heterocycles. The molecule has 0 atom stereocenters. The van der Waals surface area contributed by atoms with Gasteiger partial charge in [0.15, 0.2) is 0 Å². The first-order valence-electron chi connectivity index (χ1n) is 4.75. The van der Waals surface area contributed by atoms with Crippen LogP contribution in [0.5, 0.6) is 0 Å². The fourth-order valence-corrected chi connectivity index (χ4v) is 2.15. The first kappa shape index (κ1) is 11.6. The van der Waals surface area contributed by atoms with Gasteiger partial charge in [-0.25, -0.2) is 10.9 Å². The summed E-state index contributed by atoms with van der Waals surface area (Å²) in [6, 6.07) is 0. The molecule has 0 unspecified atom stereocenters. The van der Waals surface area contributed by atoms with Crippen molar-refractivity contribution in [3.05, 3.63) is 16.1 Å². The van der Waals surface area contributed by atoms with Crippen molar-refractivity contribution >= 4 is 11.3 Å². The van der Waals surface area contributed by atoms with Crippen molar-refractivity contribution < 1.29 is 4.84 Å². The maximum atomic E-state index is 5.10. The molecule has 0 aliphatic heterocycles. The number of hydrogen-bond acceptors (Lipinski definition) is 4. The van der Waals surface area contributed by atoms with Gasteiger partial charge < -0.3 is 4.84 Å². The van der Waals surface area contributed by atoms with Crippen molar-refractivity contribution in [2.45, 2.75) is 39.0 Å². The molecule has 0 bridgehead atoms. The van der Waals surface area contributed by atoms with Crippen LogP contribution in [0.25, 0.3) is 0 Å². The van der Waals surface area contributed by atoms with Gasteiger partial charge in [0.25, 0.3) is 0 Å². The Morgan fingerprint density at radius 3 is 2.64 bits per heavy atom. The van der Waals surface area contributed by atoms with E-state index in [4.69, 9.17) is 10.7 Å². The van der Waals surface area contributed by atoms with E-state index in [1.807, 2.05) is 6.20 Å². The summed E-state index contributed by atoms with van der Waals surface area (Å²) >= 11 is 1.74. The third-order valence-electron chi connectivity index (χ3n) is 2.13. The standard InChI is InChI=1S/C10H18N2OS/c1-7(2)9-12-5-8(14-9)10(3,4)6-13-11/h5,7H,6,11H2,1-4H3. The molecule has 0 saturated heterocycles. The zero-order chi connectivity index (χ0) is 10.8. The van der Waals surface area contributed by atoms with E-state index >= 15 is 0 Å². The summed E-state index contributed by atoms with van der Waals surface area (Å²) in [5.74, 6) is 5.59. The monoisotopic (exact) mass is 214 g/mol. The minimum atomic E-state index is -0.0421. The van der Waals surface area contributed by atoms with Crippen LogP contribution in [-0.4, -0.2) is 11.6 Å². The number of thiazole rings is 1. The van der Waals surface area contributed by atoms with E-state index in [0.717, 1.165) is 0 Å². The number of aromatic nitrogens is 1. The van der Waals surface area contributed by atoms with E-state index in [9.17, 15) is 0 Å². The van der Waals surface area contributed by atoms with E-state index in [-0.39, 0.29) is 5.41 Å². The number of nitrogens with zero attached hydrogens (tertiary/aromatic N) is 1. The van der Waals surface area contributed by atoms with Crippen LogP contribution in [-0.2, 0) is 10.3 Å². The number of rotatable bonds is 4. The highest BCUT2D eigenvalue weighted by molar-refractivity contribution is 7.11. The highest BCUT2D eigenvalue weighted by Crippen LogP contribution is 2.31. The quantitative estimate of drug-likeness (QED) is 0.783. The summed E-state index contributed by atoms with van der Waals surface area (Å²) < 4.78 is 0. The van der Waals surface area contributed by atoms with Crippen molar-refractivity contribution in [3.63, 3.8) is 0 Å². The average molecular weight is 214 g/mol. The normalized spacial score (nSPS) is 12.4. The van der Waals surface area contributed by atoms with E-state index in [0.29, 0.717) is 12.5 Å². The summed E-state index contributed by atoms with van der Waals surface area (Å²) in [5, 5.41) is 1.17. The molecule has 0 saturated carbocycles. The third kappa shape index (κ3) is 2.53. The molecule has 0 radical (unpaired) electrons. The van der Waals surface area contributed by atoms with Gasteiger partial charge in [0.05, 0.1) is 11.6 Å². The molecular formula is C10H18N2OS. The van der Waals surface area contributed by atoms with Gasteiger partial charge in [-0.1, -0.05) is 27.7 Å². The Balaban J connectivity index is 2.85. The molecule has 14 heavy (non-hydrogen) atoms. The summed E-state index contributed by atoms with van der Waals surface area (Å²) in [4.78, 5) is 10.3. The summed E-state index contributed by atoms with van der Waals surface area (Å²) in [6.45, 7) is 9.03. The number of nitrogens with two attached hydrogens (primary N) is 1. The van der Waals surface area contributed by atoms with Crippen molar-refractivity contribution in [2.24, 2.45) is 5.90 Å². The lowest BCUT2D eigenvalue weighted by Crippen LogP contribution is -2.25. The molecule has 0 spiro atoms. The highest BCUT2D eigenvalue weighted by atomic mass is 32.1. The Kier molecular flexibility index (Phi) is 3.64. The topological polar surface area (TPSA) is 48.1 Å². The highest BCUT2D eigenvalue weighted by Gasteiger charge is 2.24. The van der Waals surface area contributed by atoms with Crippen molar-refractivity contribution in [3.8, 4) is 0 Å².